The molecular formula is C30H35ClN2O6. The van der Waals surface area contributed by atoms with E-state index in [1.165, 1.54) is 11.3 Å². The van der Waals surface area contributed by atoms with E-state index in [1.54, 1.807) is 7.11 Å². The van der Waals surface area contributed by atoms with E-state index in [0.717, 1.165) is 68.5 Å². The summed E-state index contributed by atoms with van der Waals surface area (Å²) in [5.74, 6) is -2.74. The first-order valence-corrected chi connectivity index (χ1v) is 13.2. The Hall–Kier alpha value is -3.59. The maximum atomic E-state index is 9.10. The molecule has 3 aromatic rings. The summed E-state index contributed by atoms with van der Waals surface area (Å²) < 4.78 is 11.6. The number of anilines is 1. The molecule has 0 aromatic heterocycles. The van der Waals surface area contributed by atoms with E-state index in [2.05, 4.69) is 58.3 Å². The molecule has 1 aliphatic rings. The Bertz CT molecular complexity index is 1140. The third-order valence-electron chi connectivity index (χ3n) is 6.42. The fourth-order valence-electron chi connectivity index (χ4n) is 4.31. The first kappa shape index (κ1) is 30.0. The molecule has 2 N–H and O–H groups in total. The van der Waals surface area contributed by atoms with Crippen LogP contribution in [-0.2, 0) is 14.3 Å². The highest BCUT2D eigenvalue weighted by atomic mass is 35.5. The number of unbranched alkanes of at least 4 members (excludes halogenated alkanes) is 1. The van der Waals surface area contributed by atoms with Crippen molar-refractivity contribution in [2.75, 3.05) is 51.3 Å². The number of halogens is 1. The van der Waals surface area contributed by atoms with Crippen LogP contribution in [0.5, 0.6) is 5.75 Å². The number of carbonyl (C=O) groups is 2. The van der Waals surface area contributed by atoms with Gasteiger partial charge in [0.15, 0.2) is 0 Å². The zero-order valence-electron chi connectivity index (χ0n) is 22.0. The SMILES string of the molecule is COc1ccc(N2CCN(CCCCOC(c3ccccc3)c3ccc(Cl)cc3)CC2)cc1.O=C(O)C(=O)O. The first-order valence-electron chi connectivity index (χ1n) is 12.9. The normalized spacial score (nSPS) is 14.2. The molecule has 39 heavy (non-hydrogen) atoms. The van der Waals surface area contributed by atoms with E-state index in [-0.39, 0.29) is 6.10 Å². The van der Waals surface area contributed by atoms with Crippen LogP contribution in [0.15, 0.2) is 78.9 Å². The molecule has 0 aliphatic carbocycles. The molecule has 0 radical (unpaired) electrons. The van der Waals surface area contributed by atoms with Crippen molar-refractivity contribution in [3.63, 3.8) is 0 Å². The standard InChI is InChI=1S/C28H33ClN2O2.C2H2O4/c1-32-27-15-13-26(14-16-27)31-20-18-30(19-21-31)17-5-6-22-33-28(23-7-3-2-4-8-23)24-9-11-25(29)12-10-24;3-1(4)2(5)6/h2-4,7-16,28H,5-6,17-22H2,1H3;(H,3,4)(H,5,6). The molecule has 0 bridgehead atoms. The van der Waals surface area contributed by atoms with Crippen LogP contribution in [0.3, 0.4) is 0 Å². The second kappa shape index (κ2) is 15.7. The van der Waals surface area contributed by atoms with Crippen molar-refractivity contribution < 1.29 is 29.3 Å². The van der Waals surface area contributed by atoms with Crippen LogP contribution < -0.4 is 9.64 Å². The Labute approximate surface area is 234 Å². The number of piperazine rings is 1. The number of benzene rings is 3. The van der Waals surface area contributed by atoms with E-state index in [0.29, 0.717) is 0 Å². The van der Waals surface area contributed by atoms with E-state index in [4.69, 9.17) is 40.9 Å². The van der Waals surface area contributed by atoms with Crippen molar-refractivity contribution in [3.05, 3.63) is 95.0 Å². The molecule has 1 saturated heterocycles. The molecule has 0 saturated carbocycles. The van der Waals surface area contributed by atoms with Gasteiger partial charge in [0.05, 0.1) is 7.11 Å². The maximum Gasteiger partial charge on any atom is 0.414 e. The molecule has 4 rings (SSSR count). The van der Waals surface area contributed by atoms with Crippen LogP contribution in [0.25, 0.3) is 0 Å². The minimum atomic E-state index is -1.82. The largest absolute Gasteiger partial charge is 0.497 e. The summed E-state index contributed by atoms with van der Waals surface area (Å²) in [7, 11) is 1.71. The van der Waals surface area contributed by atoms with E-state index in [9.17, 15) is 0 Å². The van der Waals surface area contributed by atoms with E-state index in [1.807, 2.05) is 30.3 Å². The minimum Gasteiger partial charge on any atom is -0.497 e. The molecule has 9 heteroatoms. The Balaban J connectivity index is 0.000000631. The van der Waals surface area contributed by atoms with Crippen LogP contribution in [0, 0.1) is 0 Å². The summed E-state index contributed by atoms with van der Waals surface area (Å²) in [6, 6.07) is 26.8. The van der Waals surface area contributed by atoms with Gasteiger partial charge in [-0.1, -0.05) is 54.1 Å². The number of aliphatic carboxylic acids is 2. The molecular weight excluding hydrogens is 520 g/mol. The van der Waals surface area contributed by atoms with Crippen molar-refractivity contribution in [2.45, 2.75) is 18.9 Å². The highest BCUT2D eigenvalue weighted by Gasteiger charge is 2.18. The summed E-state index contributed by atoms with van der Waals surface area (Å²) in [5, 5.41) is 15.5. The monoisotopic (exact) mass is 554 g/mol. The molecule has 1 unspecified atom stereocenters. The zero-order valence-corrected chi connectivity index (χ0v) is 22.8. The van der Waals surface area contributed by atoms with Gasteiger partial charge >= 0.3 is 11.9 Å². The Morgan fingerprint density at radius 3 is 1.97 bits per heavy atom. The Morgan fingerprint density at radius 1 is 0.821 bits per heavy atom. The summed E-state index contributed by atoms with van der Waals surface area (Å²) in [6.45, 7) is 6.20. The number of nitrogens with zero attached hydrogens (tertiary/aromatic N) is 2. The third-order valence-corrected chi connectivity index (χ3v) is 6.67. The summed E-state index contributed by atoms with van der Waals surface area (Å²) >= 11 is 6.08. The van der Waals surface area contributed by atoms with Crippen molar-refractivity contribution in [1.29, 1.82) is 0 Å². The van der Waals surface area contributed by atoms with E-state index < -0.39 is 11.9 Å². The Morgan fingerprint density at radius 2 is 1.41 bits per heavy atom. The molecule has 1 fully saturated rings. The van der Waals surface area contributed by atoms with Crippen LogP contribution in [-0.4, -0.2) is 73.5 Å². The fourth-order valence-corrected chi connectivity index (χ4v) is 4.44. The fraction of sp³-hybridized carbons (Fsp3) is 0.333. The van der Waals surface area contributed by atoms with Gasteiger partial charge in [0.1, 0.15) is 11.9 Å². The number of ether oxygens (including phenoxy) is 2. The topological polar surface area (TPSA) is 99.5 Å². The highest BCUT2D eigenvalue weighted by Crippen LogP contribution is 2.27. The Kier molecular flexibility index (Phi) is 12.1. The molecule has 0 spiro atoms. The average Bonchev–Trinajstić information content (AvgIpc) is 2.97. The van der Waals surface area contributed by atoms with Crippen LogP contribution in [0.4, 0.5) is 5.69 Å². The van der Waals surface area contributed by atoms with Crippen LogP contribution in [0.2, 0.25) is 5.02 Å². The number of carboxylic acids is 2. The maximum absolute atomic E-state index is 9.10. The first-order chi connectivity index (χ1) is 18.9. The van der Waals surface area contributed by atoms with Crippen LogP contribution in [0.1, 0.15) is 30.1 Å². The van der Waals surface area contributed by atoms with Gasteiger partial charge in [0, 0.05) is 43.5 Å². The molecule has 0 amide bonds. The number of hydrogen-bond donors (Lipinski definition) is 2. The van der Waals surface area contributed by atoms with Gasteiger partial charge in [-0.2, -0.15) is 0 Å². The predicted molar refractivity (Wildman–Crippen MR) is 152 cm³/mol. The molecule has 8 nitrogen and oxygen atoms in total. The summed E-state index contributed by atoms with van der Waals surface area (Å²) in [5.41, 5.74) is 3.59. The third kappa shape index (κ3) is 9.90. The van der Waals surface area contributed by atoms with Gasteiger partial charge in [0.25, 0.3) is 0 Å². The molecule has 3 aromatic carbocycles. The highest BCUT2D eigenvalue weighted by molar-refractivity contribution is 6.30. The summed E-state index contributed by atoms with van der Waals surface area (Å²) in [6.07, 6.45) is 2.14. The lowest BCUT2D eigenvalue weighted by molar-refractivity contribution is -0.159. The molecule has 1 atom stereocenters. The van der Waals surface area contributed by atoms with Gasteiger partial charge in [-0.3, -0.25) is 4.90 Å². The second-order valence-electron chi connectivity index (χ2n) is 9.06. The quantitative estimate of drug-likeness (QED) is 0.260. The average molecular weight is 555 g/mol. The number of carboxylic acid groups (broad SMARTS) is 2. The van der Waals surface area contributed by atoms with Gasteiger partial charge < -0.3 is 24.6 Å². The zero-order chi connectivity index (χ0) is 28.0. The lowest BCUT2D eigenvalue weighted by Crippen LogP contribution is -2.46. The smallest absolute Gasteiger partial charge is 0.414 e. The van der Waals surface area contributed by atoms with Crippen molar-refractivity contribution in [3.8, 4) is 5.75 Å². The van der Waals surface area contributed by atoms with Crippen molar-refractivity contribution in [2.24, 2.45) is 0 Å². The lowest BCUT2D eigenvalue weighted by atomic mass is 10.0. The minimum absolute atomic E-state index is 0.0588. The van der Waals surface area contributed by atoms with E-state index >= 15 is 0 Å². The summed E-state index contributed by atoms with van der Waals surface area (Å²) in [4.78, 5) is 23.2. The predicted octanol–water partition coefficient (Wildman–Crippen LogP) is 5.21. The number of hydrogen-bond acceptors (Lipinski definition) is 6. The van der Waals surface area contributed by atoms with Gasteiger partial charge in [0.2, 0.25) is 0 Å². The van der Waals surface area contributed by atoms with Crippen molar-refractivity contribution >= 4 is 29.2 Å². The molecule has 208 valence electrons. The van der Waals surface area contributed by atoms with Gasteiger partial charge in [-0.05, 0) is 66.9 Å². The number of methoxy groups -OCH3 is 1. The molecule has 1 heterocycles. The van der Waals surface area contributed by atoms with Crippen LogP contribution >= 0.6 is 11.6 Å². The molecule has 1 aliphatic heterocycles. The lowest BCUT2D eigenvalue weighted by Gasteiger charge is -2.36. The van der Waals surface area contributed by atoms with Crippen molar-refractivity contribution in [1.82, 2.24) is 4.90 Å². The van der Waals surface area contributed by atoms with Gasteiger partial charge in [-0.15, -0.1) is 0 Å². The second-order valence-corrected chi connectivity index (χ2v) is 9.49. The number of rotatable bonds is 10. The van der Waals surface area contributed by atoms with Gasteiger partial charge in [-0.25, -0.2) is 9.59 Å².